The molecule has 0 aliphatic heterocycles. The third-order valence-electron chi connectivity index (χ3n) is 11.1. The molecule has 0 heterocycles. The molecule has 0 heteroatoms. The van der Waals surface area contributed by atoms with Crippen molar-refractivity contribution in [2.45, 2.75) is 0 Å². The van der Waals surface area contributed by atoms with Crippen LogP contribution in [0.3, 0.4) is 0 Å². The Hall–Kier alpha value is -6.76. The minimum atomic E-state index is 1.22. The number of fused-ring (bicyclic) bond motifs is 10. The molecule has 11 rings (SSSR count). The maximum Gasteiger partial charge on any atom is -0.00139 e. The molecule has 0 saturated carbocycles. The number of benzene rings is 11. The molecule has 0 bridgehead atoms. The minimum absolute atomic E-state index is 1.22. The van der Waals surface area contributed by atoms with E-state index < -0.39 is 0 Å². The second-order valence-electron chi connectivity index (χ2n) is 14.1. The van der Waals surface area contributed by atoms with Crippen molar-refractivity contribution in [1.82, 2.24) is 0 Å². The van der Waals surface area contributed by atoms with Gasteiger partial charge in [0.05, 0.1) is 0 Å². The van der Waals surface area contributed by atoms with Crippen LogP contribution in [0.15, 0.2) is 194 Å². The summed E-state index contributed by atoms with van der Waals surface area (Å²) in [4.78, 5) is 0. The Morgan fingerprint density at radius 3 is 1.04 bits per heavy atom. The lowest BCUT2D eigenvalue weighted by atomic mass is 9.83. The van der Waals surface area contributed by atoms with E-state index in [1.54, 1.807) is 0 Å². The molecular formula is C52H32. The molecule has 0 aromatic heterocycles. The number of rotatable bonds is 3. The molecule has 0 fully saturated rings. The Morgan fingerprint density at radius 2 is 0.538 bits per heavy atom. The van der Waals surface area contributed by atoms with Crippen LogP contribution < -0.4 is 0 Å². The van der Waals surface area contributed by atoms with Crippen LogP contribution in [-0.4, -0.2) is 0 Å². The minimum Gasteiger partial charge on any atom is -0.0616 e. The summed E-state index contributed by atoms with van der Waals surface area (Å²) in [7, 11) is 0. The Labute approximate surface area is 301 Å². The van der Waals surface area contributed by atoms with Gasteiger partial charge < -0.3 is 0 Å². The smallest absolute Gasteiger partial charge is 0.00139 e. The SMILES string of the molecule is c1ccc2cc(-c3ccc4c5cc6ccccc6cc5c5c(-c6ccc7ccccc7c6)ccc(-c6ccc7ccccc7c6)c5c4c3)ccc2c1. The van der Waals surface area contributed by atoms with E-state index in [-0.39, 0.29) is 0 Å². The molecule has 240 valence electrons. The standard InChI is InChI=1S/C52H32/c1-4-12-36-27-41(20-17-33(36)9-1)42-23-24-47-48-30-39-15-7-8-16-40(39)31-50(48)52-46(44-22-19-35-11-3-6-14-38(35)29-44)26-25-45(51(52)49(47)32-42)43-21-18-34-10-2-5-13-37(34)28-43/h1-32H. The summed E-state index contributed by atoms with van der Waals surface area (Å²) in [5, 5.41) is 17.7. The zero-order valence-corrected chi connectivity index (χ0v) is 28.5. The van der Waals surface area contributed by atoms with Gasteiger partial charge in [0.15, 0.2) is 0 Å². The van der Waals surface area contributed by atoms with Gasteiger partial charge >= 0.3 is 0 Å². The first-order valence-electron chi connectivity index (χ1n) is 18.1. The Bertz CT molecular complexity index is 3240. The Balaban J connectivity index is 1.32. The Kier molecular flexibility index (Phi) is 6.35. The molecule has 0 aliphatic rings. The lowest BCUT2D eigenvalue weighted by molar-refractivity contribution is 1.66. The van der Waals surface area contributed by atoms with Crippen LogP contribution in [0.4, 0.5) is 0 Å². The fourth-order valence-corrected chi connectivity index (χ4v) is 8.56. The molecule has 0 amide bonds. The molecule has 52 heavy (non-hydrogen) atoms. The molecule has 0 N–H and O–H groups in total. The van der Waals surface area contributed by atoms with E-state index in [1.807, 2.05) is 0 Å². The van der Waals surface area contributed by atoms with Crippen molar-refractivity contribution in [1.29, 1.82) is 0 Å². The number of hydrogen-bond donors (Lipinski definition) is 0. The number of hydrogen-bond acceptors (Lipinski definition) is 0. The maximum atomic E-state index is 2.45. The fraction of sp³-hybridized carbons (Fsp3) is 0. The van der Waals surface area contributed by atoms with E-state index in [4.69, 9.17) is 0 Å². The van der Waals surface area contributed by atoms with E-state index in [1.165, 1.54) is 109 Å². The van der Waals surface area contributed by atoms with E-state index in [0.717, 1.165) is 0 Å². The van der Waals surface area contributed by atoms with Gasteiger partial charge in [0.2, 0.25) is 0 Å². The topological polar surface area (TPSA) is 0 Å². The van der Waals surface area contributed by atoms with Crippen molar-refractivity contribution >= 4 is 75.4 Å². The summed E-state index contributed by atoms with van der Waals surface area (Å²) in [5.74, 6) is 0. The molecule has 0 spiro atoms. The van der Waals surface area contributed by atoms with Crippen LogP contribution in [-0.2, 0) is 0 Å². The molecule has 0 saturated heterocycles. The van der Waals surface area contributed by atoms with Gasteiger partial charge in [0, 0.05) is 0 Å². The molecule has 0 nitrogen and oxygen atoms in total. The monoisotopic (exact) mass is 656 g/mol. The van der Waals surface area contributed by atoms with Crippen LogP contribution in [0.25, 0.3) is 109 Å². The zero-order chi connectivity index (χ0) is 34.2. The van der Waals surface area contributed by atoms with E-state index in [0.29, 0.717) is 0 Å². The fourth-order valence-electron chi connectivity index (χ4n) is 8.56. The second kappa shape index (κ2) is 11.4. The predicted octanol–water partition coefficient (Wildman–Crippen LogP) is 14.8. The normalized spacial score (nSPS) is 11.8. The third kappa shape index (κ3) is 4.55. The molecule has 0 radical (unpaired) electrons. The van der Waals surface area contributed by atoms with Crippen molar-refractivity contribution in [3.63, 3.8) is 0 Å². The first kappa shape index (κ1) is 29.0. The average Bonchev–Trinajstić information content (AvgIpc) is 3.22. The molecule has 11 aromatic rings. The highest BCUT2D eigenvalue weighted by Gasteiger charge is 2.19. The second-order valence-corrected chi connectivity index (χ2v) is 14.1. The molecule has 11 aromatic carbocycles. The molecule has 0 aliphatic carbocycles. The lowest BCUT2D eigenvalue weighted by Crippen LogP contribution is -1.92. The van der Waals surface area contributed by atoms with Gasteiger partial charge in [0.25, 0.3) is 0 Å². The van der Waals surface area contributed by atoms with Crippen LogP contribution in [0, 0.1) is 0 Å². The maximum absolute atomic E-state index is 2.45. The summed E-state index contributed by atoms with van der Waals surface area (Å²) in [6, 6.07) is 72.2. The summed E-state index contributed by atoms with van der Waals surface area (Å²) in [6.45, 7) is 0. The van der Waals surface area contributed by atoms with E-state index >= 15 is 0 Å². The van der Waals surface area contributed by atoms with Crippen molar-refractivity contribution in [3.05, 3.63) is 194 Å². The third-order valence-corrected chi connectivity index (χ3v) is 11.1. The van der Waals surface area contributed by atoms with Crippen LogP contribution >= 0.6 is 0 Å². The summed E-state index contributed by atoms with van der Waals surface area (Å²) in [6.07, 6.45) is 0. The first-order chi connectivity index (χ1) is 25.7. The predicted molar refractivity (Wildman–Crippen MR) is 225 cm³/mol. The van der Waals surface area contributed by atoms with Gasteiger partial charge in [-0.05, 0) is 145 Å². The summed E-state index contributed by atoms with van der Waals surface area (Å²) < 4.78 is 0. The van der Waals surface area contributed by atoms with Gasteiger partial charge in [-0.1, -0.05) is 158 Å². The summed E-state index contributed by atoms with van der Waals surface area (Å²) >= 11 is 0. The van der Waals surface area contributed by atoms with Crippen LogP contribution in [0.1, 0.15) is 0 Å². The highest BCUT2D eigenvalue weighted by molar-refractivity contribution is 6.33. The van der Waals surface area contributed by atoms with E-state index in [9.17, 15) is 0 Å². The lowest BCUT2D eigenvalue weighted by Gasteiger charge is -2.20. The van der Waals surface area contributed by atoms with Gasteiger partial charge in [-0.3, -0.25) is 0 Å². The summed E-state index contributed by atoms with van der Waals surface area (Å²) in [5.41, 5.74) is 7.41. The zero-order valence-electron chi connectivity index (χ0n) is 28.5. The Morgan fingerprint density at radius 1 is 0.192 bits per heavy atom. The van der Waals surface area contributed by atoms with Gasteiger partial charge in [-0.25, -0.2) is 0 Å². The van der Waals surface area contributed by atoms with Crippen molar-refractivity contribution in [2.24, 2.45) is 0 Å². The van der Waals surface area contributed by atoms with Gasteiger partial charge in [-0.2, -0.15) is 0 Å². The average molecular weight is 657 g/mol. The van der Waals surface area contributed by atoms with Crippen LogP contribution in [0.2, 0.25) is 0 Å². The molecule has 0 unspecified atom stereocenters. The highest BCUT2D eigenvalue weighted by atomic mass is 14.2. The van der Waals surface area contributed by atoms with Crippen LogP contribution in [0.5, 0.6) is 0 Å². The molecular weight excluding hydrogens is 625 g/mol. The van der Waals surface area contributed by atoms with Crippen molar-refractivity contribution < 1.29 is 0 Å². The van der Waals surface area contributed by atoms with Gasteiger partial charge in [-0.15, -0.1) is 0 Å². The first-order valence-corrected chi connectivity index (χ1v) is 18.1. The molecule has 0 atom stereocenters. The van der Waals surface area contributed by atoms with Gasteiger partial charge in [0.1, 0.15) is 0 Å². The largest absolute Gasteiger partial charge is 0.0616 e. The highest BCUT2D eigenvalue weighted by Crippen LogP contribution is 2.47. The quantitative estimate of drug-likeness (QED) is 0.131. The van der Waals surface area contributed by atoms with Crippen molar-refractivity contribution in [2.75, 3.05) is 0 Å². The van der Waals surface area contributed by atoms with E-state index in [2.05, 4.69) is 194 Å². The van der Waals surface area contributed by atoms with Crippen molar-refractivity contribution in [3.8, 4) is 33.4 Å².